The van der Waals surface area contributed by atoms with Crippen molar-refractivity contribution in [2.45, 2.75) is 130 Å². The van der Waals surface area contributed by atoms with E-state index in [1.54, 1.807) is 27.7 Å². The molecule has 0 aliphatic rings. The van der Waals surface area contributed by atoms with E-state index in [1.165, 1.54) is 13.8 Å². The molecular weight excluding hydrogens is 542 g/mol. The molecule has 1 nitrogen and oxygen atoms in total. The van der Waals surface area contributed by atoms with Gasteiger partial charge in [0, 0.05) is 25.0 Å². The van der Waals surface area contributed by atoms with E-state index in [0.29, 0.717) is 25.7 Å². The van der Waals surface area contributed by atoms with Gasteiger partial charge in [-0.15, -0.1) is 0 Å². The van der Waals surface area contributed by atoms with Crippen LogP contribution in [0.15, 0.2) is 0 Å². The van der Waals surface area contributed by atoms with E-state index in [2.05, 4.69) is 0 Å². The molecular formula is C28H48F10O. The van der Waals surface area contributed by atoms with Crippen molar-refractivity contribution in [1.82, 2.24) is 0 Å². The first kappa shape index (κ1) is 38.3. The van der Waals surface area contributed by atoms with Gasteiger partial charge >= 0.3 is 24.2 Å². The Hall–Kier alpha value is -0.740. The Kier molecular flexibility index (Phi) is 16.3. The van der Waals surface area contributed by atoms with Crippen LogP contribution in [0.4, 0.5) is 43.9 Å². The number of hydrogen-bond donors (Lipinski definition) is 0. The zero-order chi connectivity index (χ0) is 30.7. The molecule has 0 aromatic rings. The predicted octanol–water partition coefficient (Wildman–Crippen LogP) is 11.1. The smallest absolute Gasteiger partial charge is 0.381 e. The zero-order valence-electron chi connectivity index (χ0n) is 24.1. The summed E-state index contributed by atoms with van der Waals surface area (Å²) in [7, 11) is 0. The Morgan fingerprint density at radius 3 is 1.03 bits per heavy atom. The van der Waals surface area contributed by atoms with Gasteiger partial charge in [0.1, 0.15) is 0 Å². The van der Waals surface area contributed by atoms with E-state index < -0.39 is 47.9 Å². The highest BCUT2D eigenvalue weighted by Gasteiger charge is 2.63. The third-order valence-corrected chi connectivity index (χ3v) is 7.36. The fraction of sp³-hybridized carbons (Fsp3) is 1.00. The quantitative estimate of drug-likeness (QED) is 0.101. The van der Waals surface area contributed by atoms with Gasteiger partial charge in [-0.3, -0.25) is 0 Å². The SMILES string of the molecule is CC(C)CC(C)C(CCCCCOCCCCCC(C(C)CC(C)C)C(F)(F)C(F)(F)F)C(F)(F)C(F)(F)F. The largest absolute Gasteiger partial charge is 0.453 e. The summed E-state index contributed by atoms with van der Waals surface area (Å²) in [6, 6.07) is 0. The summed E-state index contributed by atoms with van der Waals surface area (Å²) in [6.07, 6.45) is -8.99. The van der Waals surface area contributed by atoms with Crippen LogP contribution in [-0.2, 0) is 4.74 Å². The second-order valence-corrected chi connectivity index (χ2v) is 12.0. The molecule has 236 valence electrons. The van der Waals surface area contributed by atoms with E-state index >= 15 is 0 Å². The van der Waals surface area contributed by atoms with Gasteiger partial charge in [0.05, 0.1) is 0 Å². The first-order chi connectivity index (χ1) is 17.7. The van der Waals surface area contributed by atoms with Crippen LogP contribution in [0, 0.1) is 35.5 Å². The maximum atomic E-state index is 14.1. The lowest BCUT2D eigenvalue weighted by molar-refractivity contribution is -0.309. The lowest BCUT2D eigenvalue weighted by atomic mass is 9.79. The lowest BCUT2D eigenvalue weighted by Gasteiger charge is -2.33. The molecule has 0 rings (SSSR count). The minimum absolute atomic E-state index is 0.00427. The average molecular weight is 591 g/mol. The topological polar surface area (TPSA) is 9.23 Å². The van der Waals surface area contributed by atoms with E-state index in [1.807, 2.05) is 0 Å². The molecule has 0 saturated carbocycles. The summed E-state index contributed by atoms with van der Waals surface area (Å²) >= 11 is 0. The molecule has 0 aliphatic carbocycles. The van der Waals surface area contributed by atoms with Gasteiger partial charge in [0.15, 0.2) is 0 Å². The second kappa shape index (κ2) is 16.6. The van der Waals surface area contributed by atoms with Gasteiger partial charge in [0.25, 0.3) is 0 Å². The Labute approximate surface area is 227 Å². The van der Waals surface area contributed by atoms with Crippen LogP contribution in [0.5, 0.6) is 0 Å². The van der Waals surface area contributed by atoms with Crippen molar-refractivity contribution in [2.75, 3.05) is 13.2 Å². The van der Waals surface area contributed by atoms with Crippen LogP contribution in [0.1, 0.15) is 106 Å². The van der Waals surface area contributed by atoms with Crippen molar-refractivity contribution in [2.24, 2.45) is 35.5 Å². The molecule has 0 spiro atoms. The monoisotopic (exact) mass is 590 g/mol. The summed E-state index contributed by atoms with van der Waals surface area (Å²) in [4.78, 5) is 0. The Balaban J connectivity index is 4.46. The molecule has 4 unspecified atom stereocenters. The maximum absolute atomic E-state index is 14.1. The summed E-state index contributed by atoms with van der Waals surface area (Å²) < 4.78 is 140. The van der Waals surface area contributed by atoms with Crippen LogP contribution in [-0.4, -0.2) is 37.4 Å². The van der Waals surface area contributed by atoms with E-state index in [4.69, 9.17) is 4.74 Å². The fourth-order valence-electron chi connectivity index (χ4n) is 5.47. The highest BCUT2D eigenvalue weighted by Crippen LogP contribution is 2.48. The molecule has 11 heteroatoms. The van der Waals surface area contributed by atoms with Crippen LogP contribution >= 0.6 is 0 Å². The summed E-state index contributed by atoms with van der Waals surface area (Å²) in [5.74, 6) is -14.7. The molecule has 0 N–H and O–H groups in total. The first-order valence-electron chi connectivity index (χ1n) is 14.1. The number of ether oxygens (including phenoxy) is 1. The molecule has 0 aliphatic heterocycles. The third-order valence-electron chi connectivity index (χ3n) is 7.36. The zero-order valence-corrected chi connectivity index (χ0v) is 24.1. The van der Waals surface area contributed by atoms with Crippen molar-refractivity contribution in [3.63, 3.8) is 0 Å². The van der Waals surface area contributed by atoms with Gasteiger partial charge < -0.3 is 4.74 Å². The van der Waals surface area contributed by atoms with Crippen LogP contribution in [0.25, 0.3) is 0 Å². The molecule has 0 heterocycles. The van der Waals surface area contributed by atoms with Crippen molar-refractivity contribution in [1.29, 1.82) is 0 Å². The third kappa shape index (κ3) is 13.2. The van der Waals surface area contributed by atoms with Gasteiger partial charge in [-0.25, -0.2) is 0 Å². The fourth-order valence-corrected chi connectivity index (χ4v) is 5.47. The molecule has 0 aromatic heterocycles. The number of hydrogen-bond acceptors (Lipinski definition) is 1. The van der Waals surface area contributed by atoms with Crippen LogP contribution in [0.3, 0.4) is 0 Å². The minimum Gasteiger partial charge on any atom is -0.381 e. The number of halogens is 10. The molecule has 39 heavy (non-hydrogen) atoms. The number of alkyl halides is 10. The standard InChI is InChI=1S/C28H48F10O/c1-19(2)17-21(5)23(25(29,30)27(33,34)35)13-9-7-11-15-39-16-12-8-10-14-24(22(6)18-20(3)4)26(31,32)28(36,37)38/h19-24H,7-18H2,1-6H3. The van der Waals surface area contributed by atoms with Crippen LogP contribution in [0.2, 0.25) is 0 Å². The molecule has 0 fully saturated rings. The van der Waals surface area contributed by atoms with Gasteiger partial charge in [-0.2, -0.15) is 43.9 Å². The highest BCUT2D eigenvalue weighted by molar-refractivity contribution is 4.88. The van der Waals surface area contributed by atoms with E-state index in [-0.39, 0.29) is 63.6 Å². The molecule has 0 amide bonds. The normalized spacial score (nSPS) is 17.1. The number of rotatable bonds is 20. The number of unbranched alkanes of at least 4 members (excludes halogenated alkanes) is 4. The van der Waals surface area contributed by atoms with Crippen molar-refractivity contribution < 1.29 is 48.6 Å². The van der Waals surface area contributed by atoms with Crippen molar-refractivity contribution in [3.8, 4) is 0 Å². The molecule has 0 bridgehead atoms. The Bertz CT molecular complexity index is 589. The first-order valence-corrected chi connectivity index (χ1v) is 14.1. The minimum atomic E-state index is -5.60. The molecule has 0 radical (unpaired) electrons. The Morgan fingerprint density at radius 1 is 0.462 bits per heavy atom. The molecule has 0 aromatic carbocycles. The Morgan fingerprint density at radius 2 is 0.769 bits per heavy atom. The maximum Gasteiger partial charge on any atom is 0.453 e. The van der Waals surface area contributed by atoms with Gasteiger partial charge in [-0.05, 0) is 62.2 Å². The summed E-state index contributed by atoms with van der Waals surface area (Å²) in [5, 5.41) is 0. The summed E-state index contributed by atoms with van der Waals surface area (Å²) in [5.41, 5.74) is 0. The van der Waals surface area contributed by atoms with E-state index in [0.717, 1.165) is 0 Å². The van der Waals surface area contributed by atoms with Crippen molar-refractivity contribution in [3.05, 3.63) is 0 Å². The van der Waals surface area contributed by atoms with Crippen molar-refractivity contribution >= 4 is 0 Å². The summed E-state index contributed by atoms with van der Waals surface area (Å²) in [6.45, 7) is 10.5. The van der Waals surface area contributed by atoms with Crippen LogP contribution < -0.4 is 0 Å². The molecule has 4 atom stereocenters. The van der Waals surface area contributed by atoms with E-state index in [9.17, 15) is 43.9 Å². The lowest BCUT2D eigenvalue weighted by Crippen LogP contribution is -2.46. The predicted molar refractivity (Wildman–Crippen MR) is 134 cm³/mol. The highest BCUT2D eigenvalue weighted by atomic mass is 19.4. The van der Waals surface area contributed by atoms with Gasteiger partial charge in [0.2, 0.25) is 0 Å². The molecule has 0 saturated heterocycles. The second-order valence-electron chi connectivity index (χ2n) is 12.0. The van der Waals surface area contributed by atoms with Gasteiger partial charge in [-0.1, -0.05) is 67.2 Å². The average Bonchev–Trinajstić information content (AvgIpc) is 2.73.